The van der Waals surface area contributed by atoms with Crippen molar-refractivity contribution in [2.45, 2.75) is 32.1 Å². The number of H-pyrrole nitrogens is 1. The Labute approximate surface area is 118 Å². The number of aromatic nitrogens is 3. The molecule has 0 atom stereocenters. The molecule has 1 fully saturated rings. The van der Waals surface area contributed by atoms with Crippen LogP contribution in [-0.2, 0) is 0 Å². The molecule has 4 rings (SSSR count). The fourth-order valence-electron chi connectivity index (χ4n) is 2.87. The molecule has 0 radical (unpaired) electrons. The molecule has 1 aliphatic rings. The fourth-order valence-corrected chi connectivity index (χ4v) is 2.87. The molecule has 0 aliphatic heterocycles. The van der Waals surface area contributed by atoms with Crippen molar-refractivity contribution in [1.29, 1.82) is 0 Å². The summed E-state index contributed by atoms with van der Waals surface area (Å²) in [7, 11) is 0. The molecule has 0 bridgehead atoms. The minimum atomic E-state index is 0.655. The van der Waals surface area contributed by atoms with E-state index in [1.807, 2.05) is 6.20 Å². The molecule has 3 nitrogen and oxygen atoms in total. The van der Waals surface area contributed by atoms with Crippen LogP contribution in [0, 0.1) is 6.92 Å². The van der Waals surface area contributed by atoms with Crippen molar-refractivity contribution in [3.8, 4) is 11.3 Å². The molecule has 1 N–H and O–H groups in total. The minimum Gasteiger partial charge on any atom is -0.277 e. The van der Waals surface area contributed by atoms with E-state index in [9.17, 15) is 0 Å². The van der Waals surface area contributed by atoms with E-state index in [1.165, 1.54) is 41.5 Å². The zero-order valence-electron chi connectivity index (χ0n) is 11.6. The largest absolute Gasteiger partial charge is 0.277 e. The average molecular weight is 263 g/mol. The van der Waals surface area contributed by atoms with Crippen LogP contribution in [0.3, 0.4) is 0 Å². The summed E-state index contributed by atoms with van der Waals surface area (Å²) in [6.45, 7) is 2.11. The Morgan fingerprint density at radius 1 is 1.15 bits per heavy atom. The summed E-state index contributed by atoms with van der Waals surface area (Å²) in [5.74, 6) is 0.655. The van der Waals surface area contributed by atoms with Crippen molar-refractivity contribution in [3.05, 3.63) is 47.8 Å². The summed E-state index contributed by atoms with van der Waals surface area (Å²) < 4.78 is 0. The van der Waals surface area contributed by atoms with Crippen LogP contribution in [0.15, 0.2) is 36.5 Å². The van der Waals surface area contributed by atoms with Crippen molar-refractivity contribution in [1.82, 2.24) is 15.2 Å². The van der Waals surface area contributed by atoms with Crippen molar-refractivity contribution in [2.24, 2.45) is 0 Å². The van der Waals surface area contributed by atoms with E-state index in [-0.39, 0.29) is 0 Å². The lowest BCUT2D eigenvalue weighted by Gasteiger charge is -2.24. The second kappa shape index (κ2) is 4.44. The number of hydrogen-bond donors (Lipinski definition) is 1. The van der Waals surface area contributed by atoms with E-state index in [1.54, 1.807) is 0 Å². The number of nitrogens with one attached hydrogen (secondary N) is 1. The minimum absolute atomic E-state index is 0.655. The third-order valence-electron chi connectivity index (χ3n) is 4.30. The topological polar surface area (TPSA) is 41.6 Å². The molecule has 1 saturated carbocycles. The van der Waals surface area contributed by atoms with Gasteiger partial charge in [-0.3, -0.25) is 10.1 Å². The van der Waals surface area contributed by atoms with Crippen LogP contribution < -0.4 is 0 Å². The first-order chi connectivity index (χ1) is 9.81. The van der Waals surface area contributed by atoms with E-state index in [4.69, 9.17) is 0 Å². The van der Waals surface area contributed by atoms with E-state index in [2.05, 4.69) is 52.4 Å². The second-order valence-electron chi connectivity index (χ2n) is 5.72. The third kappa shape index (κ3) is 1.82. The van der Waals surface area contributed by atoms with Gasteiger partial charge in [0.15, 0.2) is 0 Å². The van der Waals surface area contributed by atoms with Gasteiger partial charge < -0.3 is 0 Å². The third-order valence-corrected chi connectivity index (χ3v) is 4.30. The van der Waals surface area contributed by atoms with Crippen molar-refractivity contribution in [3.63, 3.8) is 0 Å². The SMILES string of the molecule is Cc1ccc2[nH]nc(-c3ccnc(C4CCC4)c3)c2c1. The number of nitrogens with zero attached hydrogens (tertiary/aromatic N) is 2. The van der Waals surface area contributed by atoms with Gasteiger partial charge in [0.1, 0.15) is 5.69 Å². The first kappa shape index (κ1) is 11.6. The average Bonchev–Trinajstić information content (AvgIpc) is 2.80. The molecule has 2 aromatic heterocycles. The number of aryl methyl sites for hydroxylation is 1. The number of benzene rings is 1. The summed E-state index contributed by atoms with van der Waals surface area (Å²) in [6, 6.07) is 10.7. The summed E-state index contributed by atoms with van der Waals surface area (Å²) >= 11 is 0. The highest BCUT2D eigenvalue weighted by atomic mass is 15.1. The molecule has 100 valence electrons. The molecule has 0 unspecified atom stereocenters. The highest BCUT2D eigenvalue weighted by Crippen LogP contribution is 2.37. The van der Waals surface area contributed by atoms with E-state index < -0.39 is 0 Å². The molecule has 0 amide bonds. The van der Waals surface area contributed by atoms with Gasteiger partial charge in [-0.25, -0.2) is 0 Å². The molecule has 0 saturated heterocycles. The molecule has 3 aromatic rings. The van der Waals surface area contributed by atoms with Gasteiger partial charge in [-0.1, -0.05) is 18.1 Å². The Balaban J connectivity index is 1.84. The Morgan fingerprint density at radius 2 is 2.05 bits per heavy atom. The summed E-state index contributed by atoms with van der Waals surface area (Å²) in [5, 5.41) is 8.81. The number of rotatable bonds is 2. The zero-order valence-corrected chi connectivity index (χ0v) is 11.6. The van der Waals surface area contributed by atoms with Crippen molar-refractivity contribution >= 4 is 10.9 Å². The predicted molar refractivity (Wildman–Crippen MR) is 80.7 cm³/mol. The highest BCUT2D eigenvalue weighted by molar-refractivity contribution is 5.93. The van der Waals surface area contributed by atoms with Crippen LogP contribution in [0.1, 0.15) is 36.4 Å². The van der Waals surface area contributed by atoms with E-state index >= 15 is 0 Å². The number of fused-ring (bicyclic) bond motifs is 1. The zero-order chi connectivity index (χ0) is 13.5. The molecule has 2 heterocycles. The van der Waals surface area contributed by atoms with Gasteiger partial charge in [0, 0.05) is 28.8 Å². The maximum atomic E-state index is 4.53. The lowest BCUT2D eigenvalue weighted by molar-refractivity contribution is 0.411. The van der Waals surface area contributed by atoms with Gasteiger partial charge in [0.2, 0.25) is 0 Å². The van der Waals surface area contributed by atoms with Gasteiger partial charge in [-0.15, -0.1) is 0 Å². The first-order valence-corrected chi connectivity index (χ1v) is 7.22. The summed E-state index contributed by atoms with van der Waals surface area (Å²) in [6.07, 6.45) is 5.80. The van der Waals surface area contributed by atoms with Crippen LogP contribution in [0.25, 0.3) is 22.2 Å². The van der Waals surface area contributed by atoms with E-state index in [0.717, 1.165) is 11.2 Å². The molecule has 1 aliphatic carbocycles. The maximum Gasteiger partial charge on any atom is 0.100 e. The standard InChI is InChI=1S/C17H17N3/c1-11-5-6-15-14(9-11)17(20-19-15)13-7-8-18-16(10-13)12-3-2-4-12/h5-10,12H,2-4H2,1H3,(H,19,20). The Bertz CT molecular complexity index is 769. The first-order valence-electron chi connectivity index (χ1n) is 7.22. The van der Waals surface area contributed by atoms with Crippen molar-refractivity contribution in [2.75, 3.05) is 0 Å². The summed E-state index contributed by atoms with van der Waals surface area (Å²) in [5.41, 5.74) is 5.77. The van der Waals surface area contributed by atoms with Gasteiger partial charge in [-0.2, -0.15) is 5.10 Å². The van der Waals surface area contributed by atoms with Gasteiger partial charge in [0.25, 0.3) is 0 Å². The summed E-state index contributed by atoms with van der Waals surface area (Å²) in [4.78, 5) is 4.53. The normalized spacial score (nSPS) is 15.4. The van der Waals surface area contributed by atoms with Gasteiger partial charge in [0.05, 0.1) is 5.52 Å². The lowest BCUT2D eigenvalue weighted by atomic mass is 9.82. The Hall–Kier alpha value is -2.16. The van der Waals surface area contributed by atoms with Crippen LogP contribution in [-0.4, -0.2) is 15.2 Å². The molecular weight excluding hydrogens is 246 g/mol. The number of pyridine rings is 1. The van der Waals surface area contributed by atoms with Crippen LogP contribution >= 0.6 is 0 Å². The monoisotopic (exact) mass is 263 g/mol. The quantitative estimate of drug-likeness (QED) is 0.752. The highest BCUT2D eigenvalue weighted by Gasteiger charge is 2.21. The molecule has 3 heteroatoms. The predicted octanol–water partition coefficient (Wildman–Crippen LogP) is 4.20. The van der Waals surface area contributed by atoms with Crippen molar-refractivity contribution < 1.29 is 0 Å². The Kier molecular flexibility index (Phi) is 2.59. The number of aromatic amines is 1. The fraction of sp³-hybridized carbons (Fsp3) is 0.294. The van der Waals surface area contributed by atoms with Gasteiger partial charge in [-0.05, 0) is 44.0 Å². The van der Waals surface area contributed by atoms with Crippen LogP contribution in [0.5, 0.6) is 0 Å². The van der Waals surface area contributed by atoms with Crippen LogP contribution in [0.2, 0.25) is 0 Å². The maximum absolute atomic E-state index is 4.53. The van der Waals surface area contributed by atoms with Gasteiger partial charge >= 0.3 is 0 Å². The number of hydrogen-bond acceptors (Lipinski definition) is 2. The van der Waals surface area contributed by atoms with Crippen LogP contribution in [0.4, 0.5) is 0 Å². The molecule has 20 heavy (non-hydrogen) atoms. The molecule has 1 aromatic carbocycles. The second-order valence-corrected chi connectivity index (χ2v) is 5.72. The van der Waals surface area contributed by atoms with E-state index in [0.29, 0.717) is 5.92 Å². The Morgan fingerprint density at radius 3 is 2.85 bits per heavy atom. The lowest BCUT2D eigenvalue weighted by Crippen LogP contribution is -2.10. The molecular formula is C17H17N3. The smallest absolute Gasteiger partial charge is 0.100 e. The molecule has 0 spiro atoms.